The molecule has 2 heterocycles. The average Bonchev–Trinajstić information content (AvgIpc) is 3.13. The molecule has 2 aliphatic heterocycles. The summed E-state index contributed by atoms with van der Waals surface area (Å²) in [5.41, 5.74) is 1.39. The van der Waals surface area contributed by atoms with Gasteiger partial charge in [0.05, 0.1) is 0 Å². The summed E-state index contributed by atoms with van der Waals surface area (Å²) in [7, 11) is 0. The van der Waals surface area contributed by atoms with Crippen molar-refractivity contribution in [1.29, 1.82) is 0 Å². The van der Waals surface area contributed by atoms with Crippen LogP contribution in [0.4, 0.5) is 0 Å². The lowest BCUT2D eigenvalue weighted by molar-refractivity contribution is 0.400. The second kappa shape index (κ2) is 7.67. The van der Waals surface area contributed by atoms with E-state index in [1.165, 1.54) is 31.5 Å². The molecule has 2 aliphatic rings. The molecular weight excluding hydrogens is 232 g/mol. The Morgan fingerprint density at radius 2 is 1.53 bits per heavy atom. The molecule has 0 aliphatic carbocycles. The molecule has 19 heavy (non-hydrogen) atoms. The van der Waals surface area contributed by atoms with Crippen molar-refractivity contribution in [3.05, 3.63) is 60.4 Å². The maximum absolute atomic E-state index is 2.34. The first kappa shape index (κ1) is 13.7. The Morgan fingerprint density at radius 3 is 2.00 bits per heavy atom. The summed E-state index contributed by atoms with van der Waals surface area (Å²) in [5, 5.41) is 0. The third kappa shape index (κ3) is 4.82. The molecule has 0 atom stereocenters. The Kier molecular flexibility index (Phi) is 5.54. The van der Waals surface area contributed by atoms with Gasteiger partial charge in [-0.15, -0.1) is 0 Å². The fraction of sp³-hybridized carbons (Fsp3) is 0.412. The highest BCUT2D eigenvalue weighted by molar-refractivity contribution is 5.15. The number of hydrogen-bond donors (Lipinski definition) is 0. The Morgan fingerprint density at radius 1 is 0.895 bits per heavy atom. The Hall–Kier alpha value is -1.70. The van der Waals surface area contributed by atoms with Crippen LogP contribution in [0.15, 0.2) is 54.9 Å². The molecule has 2 nitrogen and oxygen atoms in total. The normalized spacial score (nSPS) is 16.7. The van der Waals surface area contributed by atoms with E-state index < -0.39 is 0 Å². The largest absolute Gasteiger partial charge is 0.378 e. The molecule has 0 spiro atoms. The van der Waals surface area contributed by atoms with E-state index in [4.69, 9.17) is 0 Å². The number of nitrogens with zero attached hydrogens (tertiary/aromatic N) is 2. The number of hydrogen-bond acceptors (Lipinski definition) is 2. The third-order valence-corrected chi connectivity index (χ3v) is 3.43. The summed E-state index contributed by atoms with van der Waals surface area (Å²) in [6.45, 7) is 6.80. The standard InChI is InChI=1S/C11H13N.C6H11N/c1-2-6-11(7-3-1)10-12-8-4-5-9-12;1-2-7-5-3-4-6-7/h1-4,6-8H,5,9-10H2;3,5H,2,4,6H2,1H3. The van der Waals surface area contributed by atoms with Gasteiger partial charge in [0.15, 0.2) is 0 Å². The first-order valence-electron chi connectivity index (χ1n) is 7.24. The zero-order valence-electron chi connectivity index (χ0n) is 11.8. The molecule has 0 saturated carbocycles. The average molecular weight is 256 g/mol. The molecule has 0 N–H and O–H groups in total. The van der Waals surface area contributed by atoms with Crippen LogP contribution in [0.5, 0.6) is 0 Å². The first-order valence-corrected chi connectivity index (χ1v) is 7.24. The van der Waals surface area contributed by atoms with Gasteiger partial charge in [-0.25, -0.2) is 0 Å². The van der Waals surface area contributed by atoms with Gasteiger partial charge in [-0.3, -0.25) is 0 Å². The van der Waals surface area contributed by atoms with Gasteiger partial charge in [0, 0.05) is 26.2 Å². The van der Waals surface area contributed by atoms with E-state index in [9.17, 15) is 0 Å². The molecule has 102 valence electrons. The molecule has 0 saturated heterocycles. The van der Waals surface area contributed by atoms with Crippen molar-refractivity contribution in [1.82, 2.24) is 9.80 Å². The lowest BCUT2D eigenvalue weighted by Crippen LogP contribution is -2.13. The Labute approximate surface area is 117 Å². The van der Waals surface area contributed by atoms with Gasteiger partial charge in [-0.2, -0.15) is 0 Å². The minimum absolute atomic E-state index is 1.05. The van der Waals surface area contributed by atoms with Crippen molar-refractivity contribution in [2.45, 2.75) is 26.3 Å². The molecule has 3 rings (SSSR count). The lowest BCUT2D eigenvalue weighted by atomic mass is 10.2. The number of rotatable bonds is 3. The zero-order chi connectivity index (χ0) is 13.3. The molecule has 2 heteroatoms. The molecule has 0 amide bonds. The minimum atomic E-state index is 1.05. The molecule has 1 aromatic rings. The van der Waals surface area contributed by atoms with Crippen LogP contribution in [-0.4, -0.2) is 29.4 Å². The molecule has 0 aromatic heterocycles. The van der Waals surface area contributed by atoms with Crippen LogP contribution in [0.2, 0.25) is 0 Å². The summed E-state index contributed by atoms with van der Waals surface area (Å²) >= 11 is 0. The molecule has 1 aromatic carbocycles. The maximum Gasteiger partial charge on any atom is 0.0423 e. The molecule has 0 unspecified atom stereocenters. The van der Waals surface area contributed by atoms with Crippen molar-refractivity contribution in [3.8, 4) is 0 Å². The lowest BCUT2D eigenvalue weighted by Gasteiger charge is -2.14. The van der Waals surface area contributed by atoms with Crippen LogP contribution in [0.1, 0.15) is 25.3 Å². The van der Waals surface area contributed by atoms with Crippen LogP contribution in [-0.2, 0) is 6.54 Å². The van der Waals surface area contributed by atoms with Crippen molar-refractivity contribution >= 4 is 0 Å². The van der Waals surface area contributed by atoms with Gasteiger partial charge >= 0.3 is 0 Å². The molecule has 0 fully saturated rings. The minimum Gasteiger partial charge on any atom is -0.378 e. The van der Waals surface area contributed by atoms with Crippen LogP contribution in [0.3, 0.4) is 0 Å². The van der Waals surface area contributed by atoms with Gasteiger partial charge in [-0.05, 0) is 37.7 Å². The molecular formula is C17H24N2. The summed E-state index contributed by atoms with van der Waals surface area (Å²) < 4.78 is 0. The Bertz CT molecular complexity index is 409. The fourth-order valence-electron chi connectivity index (χ4n) is 2.29. The van der Waals surface area contributed by atoms with E-state index in [-0.39, 0.29) is 0 Å². The van der Waals surface area contributed by atoms with Crippen molar-refractivity contribution in [2.75, 3.05) is 19.6 Å². The van der Waals surface area contributed by atoms with E-state index in [0.717, 1.165) is 13.1 Å². The second-order valence-electron chi connectivity index (χ2n) is 4.93. The molecule has 0 radical (unpaired) electrons. The van der Waals surface area contributed by atoms with Crippen molar-refractivity contribution < 1.29 is 0 Å². The smallest absolute Gasteiger partial charge is 0.0423 e. The quantitative estimate of drug-likeness (QED) is 0.815. The van der Waals surface area contributed by atoms with E-state index >= 15 is 0 Å². The van der Waals surface area contributed by atoms with Crippen LogP contribution >= 0.6 is 0 Å². The maximum atomic E-state index is 2.34. The highest BCUT2D eigenvalue weighted by Crippen LogP contribution is 2.09. The highest BCUT2D eigenvalue weighted by Gasteiger charge is 2.03. The van der Waals surface area contributed by atoms with Crippen LogP contribution in [0, 0.1) is 0 Å². The van der Waals surface area contributed by atoms with Gasteiger partial charge < -0.3 is 9.80 Å². The molecule has 0 bridgehead atoms. The summed E-state index contributed by atoms with van der Waals surface area (Å²) in [6, 6.07) is 10.6. The first-order chi connectivity index (χ1) is 9.38. The third-order valence-electron chi connectivity index (χ3n) is 3.43. The predicted molar refractivity (Wildman–Crippen MR) is 81.6 cm³/mol. The van der Waals surface area contributed by atoms with Gasteiger partial charge in [0.25, 0.3) is 0 Å². The van der Waals surface area contributed by atoms with Crippen molar-refractivity contribution in [3.63, 3.8) is 0 Å². The van der Waals surface area contributed by atoms with E-state index in [2.05, 4.69) is 71.6 Å². The fourth-order valence-corrected chi connectivity index (χ4v) is 2.29. The van der Waals surface area contributed by atoms with E-state index in [1.54, 1.807) is 0 Å². The van der Waals surface area contributed by atoms with Gasteiger partial charge in [0.1, 0.15) is 0 Å². The van der Waals surface area contributed by atoms with Crippen LogP contribution in [0.25, 0.3) is 0 Å². The zero-order valence-corrected chi connectivity index (χ0v) is 11.8. The monoisotopic (exact) mass is 256 g/mol. The predicted octanol–water partition coefficient (Wildman–Crippen LogP) is 3.63. The van der Waals surface area contributed by atoms with E-state index in [1.807, 2.05) is 0 Å². The Balaban J connectivity index is 0.000000163. The van der Waals surface area contributed by atoms with Crippen LogP contribution < -0.4 is 0 Å². The topological polar surface area (TPSA) is 6.48 Å². The summed E-state index contributed by atoms with van der Waals surface area (Å²) in [4.78, 5) is 4.65. The SMILES string of the molecule is C1=CN(Cc2ccccc2)CC1.CCN1C=CCC1. The highest BCUT2D eigenvalue weighted by atomic mass is 15.1. The van der Waals surface area contributed by atoms with E-state index in [0.29, 0.717) is 0 Å². The summed E-state index contributed by atoms with van der Waals surface area (Å²) in [6.07, 6.45) is 11.2. The van der Waals surface area contributed by atoms with Crippen molar-refractivity contribution in [2.24, 2.45) is 0 Å². The van der Waals surface area contributed by atoms with Gasteiger partial charge in [-0.1, -0.05) is 42.5 Å². The number of benzene rings is 1. The summed E-state index contributed by atoms with van der Waals surface area (Å²) in [5.74, 6) is 0. The van der Waals surface area contributed by atoms with Gasteiger partial charge in [0.2, 0.25) is 0 Å². The second-order valence-corrected chi connectivity index (χ2v) is 4.93.